The van der Waals surface area contributed by atoms with E-state index in [4.69, 9.17) is 16.3 Å². The fourth-order valence-corrected chi connectivity index (χ4v) is 3.77. The first-order valence-electron chi connectivity index (χ1n) is 8.49. The highest BCUT2D eigenvalue weighted by Crippen LogP contribution is 2.27. The van der Waals surface area contributed by atoms with Crippen LogP contribution in [-0.4, -0.2) is 21.5 Å². The number of carbonyl (C=O) groups excluding carboxylic acids is 1. The van der Waals surface area contributed by atoms with Crippen molar-refractivity contribution in [2.45, 2.75) is 39.2 Å². The average molecular weight is 403 g/mol. The number of aryl methyl sites for hydroxylation is 1. The van der Waals surface area contributed by atoms with Crippen LogP contribution < -0.4 is 5.56 Å². The summed E-state index contributed by atoms with van der Waals surface area (Å²) in [5.74, 6) is -0.246. The average Bonchev–Trinajstić information content (AvgIpc) is 2.58. The lowest BCUT2D eigenvalue weighted by Gasteiger charge is -2.19. The van der Waals surface area contributed by atoms with Crippen molar-refractivity contribution in [2.75, 3.05) is 0 Å². The Kier molecular flexibility index (Phi) is 5.58. The fourth-order valence-electron chi connectivity index (χ4n) is 2.53. The van der Waals surface area contributed by atoms with Crippen LogP contribution >= 0.6 is 22.9 Å². The molecular weight excluding hydrogens is 384 g/mol. The van der Waals surface area contributed by atoms with E-state index in [-0.39, 0.29) is 17.9 Å². The lowest BCUT2D eigenvalue weighted by molar-refractivity contribution is -0.154. The van der Waals surface area contributed by atoms with Gasteiger partial charge in [-0.1, -0.05) is 11.6 Å². The van der Waals surface area contributed by atoms with Crippen LogP contribution in [0.5, 0.6) is 0 Å². The van der Waals surface area contributed by atoms with Crippen molar-refractivity contribution in [3.63, 3.8) is 0 Å². The Morgan fingerprint density at radius 3 is 2.74 bits per heavy atom. The van der Waals surface area contributed by atoms with Gasteiger partial charge in [0, 0.05) is 22.3 Å². The lowest BCUT2D eigenvalue weighted by atomic mass is 10.1. The van der Waals surface area contributed by atoms with Gasteiger partial charge in [0.05, 0.1) is 11.1 Å². The smallest absolute Gasteiger partial charge is 0.306 e. The number of hydrogen-bond acceptors (Lipinski definition) is 6. The summed E-state index contributed by atoms with van der Waals surface area (Å²) in [5.41, 5.74) is 0.721. The normalized spacial score (nSPS) is 11.6. The number of esters is 1. The number of aromatic nitrogens is 2. The van der Waals surface area contributed by atoms with E-state index in [1.165, 1.54) is 11.3 Å². The van der Waals surface area contributed by atoms with Crippen LogP contribution in [0.2, 0.25) is 5.02 Å². The quantitative estimate of drug-likeness (QED) is 0.594. The number of rotatable bonds is 4. The molecule has 0 unspecified atom stereocenters. The minimum atomic E-state index is -0.497. The highest BCUT2D eigenvalue weighted by molar-refractivity contribution is 7.21. The second-order valence-electron chi connectivity index (χ2n) is 7.10. The molecule has 0 aliphatic rings. The lowest BCUT2D eigenvalue weighted by Crippen LogP contribution is -2.24. The van der Waals surface area contributed by atoms with Gasteiger partial charge in [-0.05, 0) is 63.1 Å². The van der Waals surface area contributed by atoms with E-state index in [0.717, 1.165) is 10.3 Å². The van der Waals surface area contributed by atoms with Crippen LogP contribution in [0, 0.1) is 0 Å². The van der Waals surface area contributed by atoms with Crippen LogP contribution in [-0.2, 0) is 16.0 Å². The number of nitrogens with zero attached hydrogens (tertiary/aromatic N) is 2. The van der Waals surface area contributed by atoms with Gasteiger partial charge in [-0.3, -0.25) is 14.6 Å². The Labute approximate surface area is 166 Å². The summed E-state index contributed by atoms with van der Waals surface area (Å²) in [6.45, 7) is 5.53. The number of halogens is 1. The second-order valence-corrected chi connectivity index (χ2v) is 8.57. The third-order valence-electron chi connectivity index (χ3n) is 3.67. The summed E-state index contributed by atoms with van der Waals surface area (Å²) in [6.07, 6.45) is 2.46. The van der Waals surface area contributed by atoms with Gasteiger partial charge in [0.15, 0.2) is 0 Å². The summed E-state index contributed by atoms with van der Waals surface area (Å²) in [7, 11) is 0. The van der Waals surface area contributed by atoms with Crippen molar-refractivity contribution < 1.29 is 9.53 Å². The van der Waals surface area contributed by atoms with Gasteiger partial charge in [0.1, 0.15) is 10.6 Å². The molecule has 27 heavy (non-hydrogen) atoms. The van der Waals surface area contributed by atoms with E-state index in [2.05, 4.69) is 9.97 Å². The van der Waals surface area contributed by atoms with Gasteiger partial charge < -0.3 is 4.74 Å². The van der Waals surface area contributed by atoms with Gasteiger partial charge in [-0.15, -0.1) is 11.3 Å². The van der Waals surface area contributed by atoms with Gasteiger partial charge in [0.25, 0.3) is 5.56 Å². The number of pyridine rings is 1. The number of hydrogen-bond donors (Lipinski definition) is 0. The first kappa shape index (κ1) is 19.5. The number of benzene rings is 1. The summed E-state index contributed by atoms with van der Waals surface area (Å²) in [4.78, 5) is 32.7. The molecule has 0 radical (unpaired) electrons. The van der Waals surface area contributed by atoms with Crippen LogP contribution in [0.4, 0.5) is 0 Å². The maximum atomic E-state index is 12.3. The van der Waals surface area contributed by atoms with Crippen molar-refractivity contribution in [3.05, 3.63) is 57.5 Å². The molecule has 0 amide bonds. The third-order valence-corrected chi connectivity index (χ3v) is 4.95. The van der Waals surface area contributed by atoms with Crippen molar-refractivity contribution in [2.24, 2.45) is 0 Å². The van der Waals surface area contributed by atoms with E-state index in [0.29, 0.717) is 27.5 Å². The van der Waals surface area contributed by atoms with Gasteiger partial charge in [-0.25, -0.2) is 0 Å². The van der Waals surface area contributed by atoms with E-state index in [1.54, 1.807) is 24.4 Å². The van der Waals surface area contributed by atoms with Gasteiger partial charge in [0.2, 0.25) is 0 Å². The van der Waals surface area contributed by atoms with Crippen LogP contribution in [0.15, 0.2) is 41.3 Å². The first-order chi connectivity index (χ1) is 12.7. The van der Waals surface area contributed by atoms with E-state index in [1.807, 2.05) is 32.9 Å². The zero-order chi connectivity index (χ0) is 19.6. The maximum Gasteiger partial charge on any atom is 0.306 e. The first-order valence-corrected chi connectivity index (χ1v) is 9.68. The Bertz CT molecular complexity index is 1060. The third kappa shape index (κ3) is 5.11. The molecule has 0 aliphatic carbocycles. The molecule has 0 saturated heterocycles. The molecule has 140 valence electrons. The zero-order valence-electron chi connectivity index (χ0n) is 15.3. The SMILES string of the molecule is CC(C)(C)OC(=O)CCc1ccnc(-c2nc(=O)c3ccc(Cl)cc3s2)c1. The molecule has 0 spiro atoms. The molecule has 5 nitrogen and oxygen atoms in total. The molecule has 0 saturated carbocycles. The zero-order valence-corrected chi connectivity index (χ0v) is 16.9. The predicted molar refractivity (Wildman–Crippen MR) is 108 cm³/mol. The molecule has 7 heteroatoms. The van der Waals surface area contributed by atoms with E-state index < -0.39 is 5.60 Å². The molecule has 0 aliphatic heterocycles. The minimum absolute atomic E-state index is 0.246. The molecule has 2 aromatic heterocycles. The molecule has 3 aromatic rings. The van der Waals surface area contributed by atoms with Crippen LogP contribution in [0.25, 0.3) is 20.8 Å². The highest BCUT2D eigenvalue weighted by Gasteiger charge is 2.16. The largest absolute Gasteiger partial charge is 0.460 e. The number of fused-ring (bicyclic) bond motifs is 1. The molecule has 1 aromatic carbocycles. The van der Waals surface area contributed by atoms with Crippen LogP contribution in [0.3, 0.4) is 0 Å². The molecule has 0 bridgehead atoms. The monoisotopic (exact) mass is 402 g/mol. The molecule has 3 rings (SSSR count). The molecule has 0 N–H and O–H groups in total. The molecule has 2 heterocycles. The topological polar surface area (TPSA) is 69.2 Å². The molecule has 0 fully saturated rings. The van der Waals surface area contributed by atoms with Crippen LogP contribution in [0.1, 0.15) is 32.8 Å². The van der Waals surface area contributed by atoms with Crippen molar-refractivity contribution in [1.82, 2.24) is 9.97 Å². The van der Waals surface area contributed by atoms with Crippen molar-refractivity contribution in [3.8, 4) is 10.7 Å². The summed E-state index contributed by atoms with van der Waals surface area (Å²) in [6, 6.07) is 8.79. The van der Waals surface area contributed by atoms with Gasteiger partial charge in [-0.2, -0.15) is 4.98 Å². The van der Waals surface area contributed by atoms with E-state index in [9.17, 15) is 9.59 Å². The van der Waals surface area contributed by atoms with Crippen molar-refractivity contribution >= 4 is 39.0 Å². The second kappa shape index (κ2) is 7.74. The standard InChI is InChI=1S/C20H19ClN2O3S/c1-20(2,3)26-17(24)7-4-12-8-9-22-15(10-12)19-23-18(25)14-6-5-13(21)11-16(14)27-19/h5-6,8-11H,4,7H2,1-3H3. The fraction of sp³-hybridized carbons (Fsp3) is 0.300. The maximum absolute atomic E-state index is 12.3. The van der Waals surface area contributed by atoms with E-state index >= 15 is 0 Å². The highest BCUT2D eigenvalue weighted by atomic mass is 35.5. The van der Waals surface area contributed by atoms with Gasteiger partial charge >= 0.3 is 5.97 Å². The molecule has 0 atom stereocenters. The summed E-state index contributed by atoms with van der Waals surface area (Å²) in [5, 5.41) is 1.62. The summed E-state index contributed by atoms with van der Waals surface area (Å²) >= 11 is 7.40. The Balaban J connectivity index is 1.84. The predicted octanol–water partition coefficient (Wildman–Crippen LogP) is 4.65. The number of carbonyl (C=O) groups is 1. The molecular formula is C20H19ClN2O3S. The van der Waals surface area contributed by atoms with Crippen molar-refractivity contribution in [1.29, 1.82) is 0 Å². The Morgan fingerprint density at radius 2 is 2.00 bits per heavy atom. The minimum Gasteiger partial charge on any atom is -0.460 e. The number of ether oxygens (including phenoxy) is 1. The summed E-state index contributed by atoms with van der Waals surface area (Å²) < 4.78 is 6.09. The Hall–Kier alpha value is -2.31. The Morgan fingerprint density at radius 1 is 1.22 bits per heavy atom.